The second-order valence-corrected chi connectivity index (χ2v) is 7.50. The van der Waals surface area contributed by atoms with Crippen molar-refractivity contribution in [3.8, 4) is 33.4 Å². The van der Waals surface area contributed by atoms with Crippen LogP contribution >= 0.6 is 0 Å². The Kier molecular flexibility index (Phi) is 4.91. The molecule has 0 fully saturated rings. The van der Waals surface area contributed by atoms with E-state index in [0.717, 1.165) is 27.8 Å². The summed E-state index contributed by atoms with van der Waals surface area (Å²) in [7, 11) is 0. The van der Waals surface area contributed by atoms with Gasteiger partial charge >= 0.3 is 5.63 Å². The predicted molar refractivity (Wildman–Crippen MR) is 117 cm³/mol. The van der Waals surface area contributed by atoms with Crippen molar-refractivity contribution in [3.63, 3.8) is 0 Å². The number of hydrogen-bond acceptors (Lipinski definition) is 3. The molecule has 3 heteroatoms. The molecule has 1 N–H and O–H groups in total. The third-order valence-electron chi connectivity index (χ3n) is 4.87. The van der Waals surface area contributed by atoms with E-state index in [4.69, 9.17) is 4.42 Å². The Balaban J connectivity index is 2.21. The molecule has 4 rings (SSSR count). The Morgan fingerprint density at radius 1 is 0.621 bits per heavy atom. The van der Waals surface area contributed by atoms with E-state index in [0.29, 0.717) is 5.56 Å². The van der Waals surface area contributed by atoms with Crippen LogP contribution in [0.2, 0.25) is 0 Å². The van der Waals surface area contributed by atoms with Crippen LogP contribution in [-0.4, -0.2) is 5.11 Å². The van der Waals surface area contributed by atoms with Crippen LogP contribution in [0.3, 0.4) is 0 Å². The van der Waals surface area contributed by atoms with Gasteiger partial charge in [-0.05, 0) is 30.5 Å². The van der Waals surface area contributed by atoms with Crippen molar-refractivity contribution in [3.05, 3.63) is 107 Å². The highest BCUT2D eigenvalue weighted by Crippen LogP contribution is 2.43. The van der Waals surface area contributed by atoms with Crippen LogP contribution in [0, 0.1) is 0 Å². The standard InChI is InChI=1S/C26H22O3/c1-26(2,28)24-22(19-14-8-4-9-15-19)21(18-12-6-3-7-13-18)23(25(27)29-24)20-16-10-5-11-17-20/h3-17,28H,1-2H3. The van der Waals surface area contributed by atoms with E-state index in [1.165, 1.54) is 0 Å². The van der Waals surface area contributed by atoms with Crippen molar-refractivity contribution >= 4 is 0 Å². The maximum Gasteiger partial charge on any atom is 0.344 e. The van der Waals surface area contributed by atoms with Crippen LogP contribution in [0.15, 0.2) is 100 Å². The Bertz CT molecular complexity index is 1170. The van der Waals surface area contributed by atoms with Gasteiger partial charge in [0.05, 0.1) is 5.56 Å². The zero-order valence-electron chi connectivity index (χ0n) is 16.4. The molecule has 0 saturated heterocycles. The van der Waals surface area contributed by atoms with Gasteiger partial charge in [0.25, 0.3) is 0 Å². The first-order chi connectivity index (χ1) is 14.0. The van der Waals surface area contributed by atoms with Gasteiger partial charge in [0.1, 0.15) is 11.4 Å². The van der Waals surface area contributed by atoms with Gasteiger partial charge in [0.2, 0.25) is 0 Å². The first-order valence-electron chi connectivity index (χ1n) is 9.57. The normalized spacial score (nSPS) is 11.4. The summed E-state index contributed by atoms with van der Waals surface area (Å²) in [6, 6.07) is 29.0. The van der Waals surface area contributed by atoms with Gasteiger partial charge in [-0.1, -0.05) is 91.0 Å². The van der Waals surface area contributed by atoms with Crippen LogP contribution in [0.4, 0.5) is 0 Å². The van der Waals surface area contributed by atoms with Crippen LogP contribution in [0.25, 0.3) is 33.4 Å². The van der Waals surface area contributed by atoms with Crippen molar-refractivity contribution in [2.75, 3.05) is 0 Å². The molecule has 0 amide bonds. The highest BCUT2D eigenvalue weighted by molar-refractivity contribution is 5.94. The lowest BCUT2D eigenvalue weighted by atomic mass is 9.85. The molecule has 0 aliphatic carbocycles. The summed E-state index contributed by atoms with van der Waals surface area (Å²) in [4.78, 5) is 13.2. The Hall–Kier alpha value is -3.43. The van der Waals surface area contributed by atoms with Gasteiger partial charge in [0, 0.05) is 11.1 Å². The smallest absolute Gasteiger partial charge is 0.344 e. The van der Waals surface area contributed by atoms with Crippen molar-refractivity contribution in [1.29, 1.82) is 0 Å². The zero-order valence-corrected chi connectivity index (χ0v) is 16.4. The molecular weight excluding hydrogens is 360 g/mol. The van der Waals surface area contributed by atoms with E-state index in [1.807, 2.05) is 91.0 Å². The Morgan fingerprint density at radius 2 is 1.00 bits per heavy atom. The summed E-state index contributed by atoms with van der Waals surface area (Å²) in [5.41, 5.74) is 2.73. The van der Waals surface area contributed by atoms with Gasteiger partial charge in [-0.25, -0.2) is 4.79 Å². The maximum atomic E-state index is 13.2. The quantitative estimate of drug-likeness (QED) is 0.480. The average molecular weight is 382 g/mol. The molecule has 1 heterocycles. The average Bonchev–Trinajstić information content (AvgIpc) is 2.74. The molecule has 0 aliphatic heterocycles. The van der Waals surface area contributed by atoms with E-state index < -0.39 is 11.2 Å². The fraction of sp³-hybridized carbons (Fsp3) is 0.115. The van der Waals surface area contributed by atoms with Crippen molar-refractivity contribution < 1.29 is 9.52 Å². The van der Waals surface area contributed by atoms with E-state index in [-0.39, 0.29) is 5.76 Å². The molecule has 0 atom stereocenters. The van der Waals surface area contributed by atoms with Gasteiger partial charge < -0.3 is 9.52 Å². The molecule has 29 heavy (non-hydrogen) atoms. The molecule has 1 aromatic heterocycles. The molecule has 144 valence electrons. The fourth-order valence-corrected chi connectivity index (χ4v) is 3.61. The first-order valence-corrected chi connectivity index (χ1v) is 9.57. The topological polar surface area (TPSA) is 50.4 Å². The minimum atomic E-state index is -1.33. The van der Waals surface area contributed by atoms with Gasteiger partial charge in [0.15, 0.2) is 0 Å². The lowest BCUT2D eigenvalue weighted by Crippen LogP contribution is -2.21. The number of rotatable bonds is 4. The maximum absolute atomic E-state index is 13.2. The van der Waals surface area contributed by atoms with Gasteiger partial charge in [-0.2, -0.15) is 0 Å². The predicted octanol–water partition coefficient (Wildman–Crippen LogP) is 5.87. The summed E-state index contributed by atoms with van der Waals surface area (Å²) < 4.78 is 5.77. The molecule has 0 unspecified atom stereocenters. The molecule has 0 saturated carbocycles. The van der Waals surface area contributed by atoms with Crippen LogP contribution in [0.5, 0.6) is 0 Å². The summed E-state index contributed by atoms with van der Waals surface area (Å²) in [5.74, 6) is 0.257. The van der Waals surface area contributed by atoms with Gasteiger partial charge in [-0.3, -0.25) is 0 Å². The second-order valence-electron chi connectivity index (χ2n) is 7.50. The third-order valence-corrected chi connectivity index (χ3v) is 4.87. The SMILES string of the molecule is CC(C)(O)c1oc(=O)c(-c2ccccc2)c(-c2ccccc2)c1-c1ccccc1. The van der Waals surface area contributed by atoms with Crippen molar-refractivity contribution in [2.24, 2.45) is 0 Å². The number of aliphatic hydroxyl groups is 1. The molecule has 0 spiro atoms. The Labute approximate surface area is 169 Å². The Morgan fingerprint density at radius 3 is 1.41 bits per heavy atom. The minimum absolute atomic E-state index is 0.257. The summed E-state index contributed by atoms with van der Waals surface area (Å²) >= 11 is 0. The monoisotopic (exact) mass is 382 g/mol. The van der Waals surface area contributed by atoms with E-state index in [2.05, 4.69) is 0 Å². The van der Waals surface area contributed by atoms with Gasteiger partial charge in [-0.15, -0.1) is 0 Å². The largest absolute Gasteiger partial charge is 0.424 e. The van der Waals surface area contributed by atoms with E-state index in [1.54, 1.807) is 13.8 Å². The highest BCUT2D eigenvalue weighted by Gasteiger charge is 2.30. The van der Waals surface area contributed by atoms with E-state index >= 15 is 0 Å². The summed E-state index contributed by atoms with van der Waals surface area (Å²) in [5, 5.41) is 10.9. The molecule has 4 aromatic rings. The molecular formula is C26H22O3. The zero-order chi connectivity index (χ0) is 20.4. The summed E-state index contributed by atoms with van der Waals surface area (Å²) in [6.07, 6.45) is 0. The van der Waals surface area contributed by atoms with Crippen LogP contribution in [-0.2, 0) is 5.60 Å². The number of hydrogen-bond donors (Lipinski definition) is 1. The van der Waals surface area contributed by atoms with Crippen molar-refractivity contribution in [2.45, 2.75) is 19.4 Å². The molecule has 0 radical (unpaired) electrons. The van der Waals surface area contributed by atoms with Crippen LogP contribution in [0.1, 0.15) is 19.6 Å². The van der Waals surface area contributed by atoms with Crippen molar-refractivity contribution in [1.82, 2.24) is 0 Å². The highest BCUT2D eigenvalue weighted by atomic mass is 16.4. The van der Waals surface area contributed by atoms with E-state index in [9.17, 15) is 9.90 Å². The molecule has 3 nitrogen and oxygen atoms in total. The molecule has 3 aromatic carbocycles. The first kappa shape index (κ1) is 18.9. The lowest BCUT2D eigenvalue weighted by molar-refractivity contribution is 0.0518. The fourth-order valence-electron chi connectivity index (χ4n) is 3.61. The molecule has 0 aliphatic rings. The minimum Gasteiger partial charge on any atom is -0.424 e. The number of benzene rings is 3. The third kappa shape index (κ3) is 3.65. The lowest BCUT2D eigenvalue weighted by Gasteiger charge is -2.24. The summed E-state index contributed by atoms with van der Waals surface area (Å²) in [6.45, 7) is 3.27. The molecule has 0 bridgehead atoms. The second kappa shape index (κ2) is 7.53. The van der Waals surface area contributed by atoms with Crippen LogP contribution < -0.4 is 5.63 Å².